The summed E-state index contributed by atoms with van der Waals surface area (Å²) in [5.41, 5.74) is 3.06. The van der Waals surface area contributed by atoms with Crippen LogP contribution >= 0.6 is 0 Å². The lowest BCUT2D eigenvalue weighted by Gasteiger charge is -2.24. The smallest absolute Gasteiger partial charge is 0.229 e. The second kappa shape index (κ2) is 8.21. The highest BCUT2D eigenvalue weighted by atomic mass is 32.2. The molecule has 1 aliphatic carbocycles. The molecule has 0 radical (unpaired) electrons. The van der Waals surface area contributed by atoms with Crippen molar-refractivity contribution < 1.29 is 18.3 Å². The molecule has 0 fully saturated rings. The first-order valence-electron chi connectivity index (χ1n) is 8.92. The van der Waals surface area contributed by atoms with E-state index in [9.17, 15) is 18.3 Å². The van der Waals surface area contributed by atoms with Crippen molar-refractivity contribution in [2.75, 3.05) is 24.1 Å². The molecule has 1 aliphatic rings. The molecule has 6 nitrogen and oxygen atoms in total. The largest absolute Gasteiger partial charge is 0.387 e. The van der Waals surface area contributed by atoms with Crippen LogP contribution in [0.5, 0.6) is 0 Å². The molecule has 2 aromatic rings. The maximum atomic E-state index is 12.6. The van der Waals surface area contributed by atoms with Gasteiger partial charge < -0.3 is 10.4 Å². The summed E-state index contributed by atoms with van der Waals surface area (Å²) in [6.07, 6.45) is 2.06. The standard InChI is InChI=1S/C20H24N2O4S/c1-27(25,26)22-17-10-8-15(9-11-17)19(23)13-21-12-16-7-6-14-4-2-3-5-18(14)20(16)24/h2-5,8-11,16,19,21-23H,6-7,12-13H2,1H3/t16?,19-/m1/s1. The van der Waals surface area contributed by atoms with Gasteiger partial charge >= 0.3 is 0 Å². The van der Waals surface area contributed by atoms with E-state index in [1.807, 2.05) is 24.3 Å². The van der Waals surface area contributed by atoms with Crippen molar-refractivity contribution in [3.05, 3.63) is 65.2 Å². The second-order valence-corrected chi connectivity index (χ2v) is 8.68. The molecule has 0 saturated heterocycles. The molecule has 0 saturated carbocycles. The highest BCUT2D eigenvalue weighted by molar-refractivity contribution is 7.92. The van der Waals surface area contributed by atoms with Gasteiger partial charge in [0.05, 0.1) is 12.4 Å². The zero-order valence-corrected chi connectivity index (χ0v) is 16.0. The Morgan fingerprint density at radius 1 is 1.15 bits per heavy atom. The number of anilines is 1. The van der Waals surface area contributed by atoms with Gasteiger partial charge in [0.25, 0.3) is 0 Å². The number of fused-ring (bicyclic) bond motifs is 1. The van der Waals surface area contributed by atoms with Crippen molar-refractivity contribution in [2.45, 2.75) is 18.9 Å². The Hall–Kier alpha value is -2.22. The third kappa shape index (κ3) is 5.15. The Balaban J connectivity index is 1.51. The SMILES string of the molecule is CS(=O)(=O)Nc1ccc([C@H](O)CNCC2CCc3ccccc3C2=O)cc1. The van der Waals surface area contributed by atoms with Crippen LogP contribution in [0, 0.1) is 5.92 Å². The minimum Gasteiger partial charge on any atom is -0.387 e. The summed E-state index contributed by atoms with van der Waals surface area (Å²) in [7, 11) is -3.32. The second-order valence-electron chi connectivity index (χ2n) is 6.93. The Kier molecular flexibility index (Phi) is 5.94. The van der Waals surface area contributed by atoms with Crippen LogP contribution in [0.1, 0.15) is 34.0 Å². The molecule has 2 aromatic carbocycles. The summed E-state index contributed by atoms with van der Waals surface area (Å²) in [4.78, 5) is 12.6. The predicted octanol–water partition coefficient (Wildman–Crippen LogP) is 2.13. The number of sulfonamides is 1. The number of rotatable bonds is 7. The third-order valence-corrected chi connectivity index (χ3v) is 5.35. The van der Waals surface area contributed by atoms with Gasteiger partial charge in [0.2, 0.25) is 10.0 Å². The number of carbonyl (C=O) groups is 1. The number of hydrogen-bond donors (Lipinski definition) is 3. The van der Waals surface area contributed by atoms with Gasteiger partial charge in [-0.2, -0.15) is 0 Å². The number of benzene rings is 2. The van der Waals surface area contributed by atoms with Gasteiger partial charge in [-0.05, 0) is 36.1 Å². The first-order chi connectivity index (χ1) is 12.8. The molecule has 3 N–H and O–H groups in total. The van der Waals surface area contributed by atoms with E-state index in [0.717, 1.165) is 30.2 Å². The average Bonchev–Trinajstić information content (AvgIpc) is 2.63. The zero-order chi connectivity index (χ0) is 19.4. The molecule has 0 spiro atoms. The van der Waals surface area contributed by atoms with Crippen LogP contribution in [0.25, 0.3) is 0 Å². The van der Waals surface area contributed by atoms with Gasteiger partial charge in [-0.25, -0.2) is 8.42 Å². The molecule has 0 heterocycles. The molecule has 0 aliphatic heterocycles. The number of aryl methyl sites for hydroxylation is 1. The van der Waals surface area contributed by atoms with Crippen LogP contribution in [0.4, 0.5) is 5.69 Å². The lowest BCUT2D eigenvalue weighted by atomic mass is 9.83. The van der Waals surface area contributed by atoms with E-state index in [4.69, 9.17) is 0 Å². The molecule has 7 heteroatoms. The number of aliphatic hydroxyl groups excluding tert-OH is 1. The van der Waals surface area contributed by atoms with Crippen molar-refractivity contribution >= 4 is 21.5 Å². The number of hydrogen-bond acceptors (Lipinski definition) is 5. The molecule has 2 atom stereocenters. The van der Waals surface area contributed by atoms with Gasteiger partial charge in [-0.3, -0.25) is 9.52 Å². The van der Waals surface area contributed by atoms with Crippen LogP contribution in [0.15, 0.2) is 48.5 Å². The fourth-order valence-electron chi connectivity index (χ4n) is 3.35. The zero-order valence-electron chi connectivity index (χ0n) is 15.2. The van der Waals surface area contributed by atoms with Crippen LogP contribution in [0.3, 0.4) is 0 Å². The maximum absolute atomic E-state index is 12.6. The third-order valence-electron chi connectivity index (χ3n) is 4.74. The molecule has 0 aromatic heterocycles. The van der Waals surface area contributed by atoms with Crippen LogP contribution in [-0.4, -0.2) is 38.7 Å². The number of carbonyl (C=O) groups excluding carboxylic acids is 1. The van der Waals surface area contributed by atoms with Gasteiger partial charge in [-0.15, -0.1) is 0 Å². The molecule has 1 unspecified atom stereocenters. The van der Waals surface area contributed by atoms with E-state index in [-0.39, 0.29) is 11.7 Å². The van der Waals surface area contributed by atoms with Crippen molar-refractivity contribution in [3.63, 3.8) is 0 Å². The van der Waals surface area contributed by atoms with E-state index in [2.05, 4.69) is 10.0 Å². The highest BCUT2D eigenvalue weighted by Crippen LogP contribution is 2.25. The van der Waals surface area contributed by atoms with E-state index in [0.29, 0.717) is 24.3 Å². The summed E-state index contributed by atoms with van der Waals surface area (Å²) in [5, 5.41) is 13.5. The summed E-state index contributed by atoms with van der Waals surface area (Å²) in [6, 6.07) is 14.3. The van der Waals surface area contributed by atoms with Gasteiger partial charge in [0, 0.05) is 30.3 Å². The molecule has 27 heavy (non-hydrogen) atoms. The van der Waals surface area contributed by atoms with E-state index in [1.54, 1.807) is 24.3 Å². The summed E-state index contributed by atoms with van der Waals surface area (Å²) in [5.74, 6) is 0.0866. The molecule has 0 amide bonds. The molecule has 3 rings (SSSR count). The number of nitrogens with one attached hydrogen (secondary N) is 2. The van der Waals surface area contributed by atoms with E-state index >= 15 is 0 Å². The lowest BCUT2D eigenvalue weighted by Crippen LogP contribution is -2.34. The first-order valence-corrected chi connectivity index (χ1v) is 10.8. The normalized spacial score (nSPS) is 18.0. The minimum absolute atomic E-state index is 0.0755. The monoisotopic (exact) mass is 388 g/mol. The molecular weight excluding hydrogens is 364 g/mol. The summed E-state index contributed by atoms with van der Waals surface area (Å²) < 4.78 is 24.8. The highest BCUT2D eigenvalue weighted by Gasteiger charge is 2.26. The topological polar surface area (TPSA) is 95.5 Å². The summed E-state index contributed by atoms with van der Waals surface area (Å²) >= 11 is 0. The van der Waals surface area contributed by atoms with Crippen LogP contribution < -0.4 is 10.0 Å². The first kappa shape index (κ1) is 19.5. The average molecular weight is 388 g/mol. The van der Waals surface area contributed by atoms with Crippen LogP contribution in [-0.2, 0) is 16.4 Å². The minimum atomic E-state index is -3.32. The Morgan fingerprint density at radius 3 is 2.56 bits per heavy atom. The Bertz CT molecular complexity index is 910. The van der Waals surface area contributed by atoms with E-state index in [1.165, 1.54) is 0 Å². The number of ketones is 1. The van der Waals surface area contributed by atoms with Gasteiger partial charge in [-0.1, -0.05) is 36.4 Å². The fourth-order valence-corrected chi connectivity index (χ4v) is 3.92. The van der Waals surface area contributed by atoms with E-state index < -0.39 is 16.1 Å². The van der Waals surface area contributed by atoms with Crippen molar-refractivity contribution in [3.8, 4) is 0 Å². The van der Waals surface area contributed by atoms with Crippen molar-refractivity contribution in [1.29, 1.82) is 0 Å². The fraction of sp³-hybridized carbons (Fsp3) is 0.350. The lowest BCUT2D eigenvalue weighted by molar-refractivity contribution is 0.0895. The van der Waals surface area contributed by atoms with Gasteiger partial charge in [0.15, 0.2) is 5.78 Å². The summed E-state index contributed by atoms with van der Waals surface area (Å²) in [6.45, 7) is 0.849. The maximum Gasteiger partial charge on any atom is 0.229 e. The van der Waals surface area contributed by atoms with Crippen molar-refractivity contribution in [2.24, 2.45) is 5.92 Å². The number of Topliss-reactive ketones (excluding diaryl/α,β-unsaturated/α-hetero) is 1. The number of aliphatic hydroxyl groups is 1. The molecule has 144 valence electrons. The predicted molar refractivity (Wildman–Crippen MR) is 105 cm³/mol. The van der Waals surface area contributed by atoms with Crippen molar-refractivity contribution in [1.82, 2.24) is 5.32 Å². The Labute approximate surface area is 159 Å². The molecule has 0 bridgehead atoms. The van der Waals surface area contributed by atoms with Gasteiger partial charge in [0.1, 0.15) is 0 Å². The van der Waals surface area contributed by atoms with Crippen LogP contribution in [0.2, 0.25) is 0 Å². The quantitative estimate of drug-likeness (QED) is 0.675. The molecular formula is C20H24N2O4S. The Morgan fingerprint density at radius 2 is 1.85 bits per heavy atom.